The van der Waals surface area contributed by atoms with Gasteiger partial charge in [-0.05, 0) is 18.9 Å². The molecule has 9 heteroatoms. The average Bonchev–Trinajstić information content (AvgIpc) is 2.31. The van der Waals surface area contributed by atoms with Crippen LogP contribution in [0.4, 0.5) is 28.9 Å². The van der Waals surface area contributed by atoms with Crippen molar-refractivity contribution in [3.05, 3.63) is 33.1 Å². The van der Waals surface area contributed by atoms with Gasteiger partial charge in [-0.25, -0.2) is 4.39 Å². The summed E-state index contributed by atoms with van der Waals surface area (Å²) in [5, 5.41) is 13.0. The highest BCUT2D eigenvalue weighted by Gasteiger charge is 2.25. The van der Waals surface area contributed by atoms with Crippen molar-refractivity contribution < 1.29 is 22.5 Å². The van der Waals surface area contributed by atoms with E-state index in [2.05, 4.69) is 5.32 Å². The van der Waals surface area contributed by atoms with Crippen LogP contribution in [0.5, 0.6) is 0 Å². The molecule has 0 radical (unpaired) electrons. The average molecular weight is 315 g/mol. The minimum atomic E-state index is -4.22. The van der Waals surface area contributed by atoms with E-state index < -0.39 is 29.0 Å². The van der Waals surface area contributed by atoms with Crippen LogP contribution in [-0.4, -0.2) is 17.6 Å². The molecule has 0 saturated carbocycles. The van der Waals surface area contributed by atoms with E-state index in [4.69, 9.17) is 11.6 Å². The van der Waals surface area contributed by atoms with Crippen molar-refractivity contribution in [2.24, 2.45) is 0 Å². The Balaban J connectivity index is 2.59. The van der Waals surface area contributed by atoms with Crippen LogP contribution in [0.3, 0.4) is 0 Å². The molecule has 1 N–H and O–H groups in total. The molecule has 0 unspecified atom stereocenters. The molecule has 0 bridgehead atoms. The third-order valence-corrected chi connectivity index (χ3v) is 2.73. The van der Waals surface area contributed by atoms with E-state index in [0.717, 1.165) is 6.07 Å². The van der Waals surface area contributed by atoms with E-state index in [1.165, 1.54) is 0 Å². The molecular weight excluding hydrogens is 304 g/mol. The molecule has 0 spiro atoms. The van der Waals surface area contributed by atoms with E-state index in [-0.39, 0.29) is 30.1 Å². The molecule has 0 saturated heterocycles. The molecule has 112 valence electrons. The van der Waals surface area contributed by atoms with Gasteiger partial charge in [-0.1, -0.05) is 11.6 Å². The predicted octanol–water partition coefficient (Wildman–Crippen LogP) is 4.53. The molecule has 0 amide bonds. The second kappa shape index (κ2) is 6.74. The highest BCUT2D eigenvalue weighted by molar-refractivity contribution is 6.31. The van der Waals surface area contributed by atoms with Crippen molar-refractivity contribution in [2.45, 2.75) is 25.4 Å². The summed E-state index contributed by atoms with van der Waals surface area (Å²) in [5.41, 5.74) is -0.531. The van der Waals surface area contributed by atoms with E-state index in [9.17, 15) is 27.7 Å². The second-order valence-electron chi connectivity index (χ2n) is 4.04. The minimum Gasteiger partial charge on any atom is -0.379 e. The zero-order chi connectivity index (χ0) is 15.3. The van der Waals surface area contributed by atoms with Crippen molar-refractivity contribution in [2.75, 3.05) is 11.9 Å². The Kier molecular flexibility index (Phi) is 5.55. The lowest BCUT2D eigenvalue weighted by molar-refractivity contribution is -0.384. The van der Waals surface area contributed by atoms with Crippen LogP contribution < -0.4 is 5.32 Å². The Morgan fingerprint density at radius 1 is 1.30 bits per heavy atom. The standard InChI is InChI=1S/C11H11ClF4N2O2/c12-7-5-9(10(18(19)20)6-8(7)13)17-4-2-1-3-11(14,15)16/h5-6,17H,1-4H2. The largest absolute Gasteiger partial charge is 0.389 e. The first kappa shape index (κ1) is 16.5. The first-order chi connectivity index (χ1) is 9.20. The number of halogens is 5. The SMILES string of the molecule is O=[N+]([O-])c1cc(F)c(Cl)cc1NCCCCC(F)(F)F. The van der Waals surface area contributed by atoms with Crippen molar-refractivity contribution in [1.29, 1.82) is 0 Å². The van der Waals surface area contributed by atoms with Gasteiger partial charge in [0.15, 0.2) is 0 Å². The normalized spacial score (nSPS) is 11.4. The Labute approximate surface area is 116 Å². The first-order valence-corrected chi connectivity index (χ1v) is 6.02. The van der Waals surface area contributed by atoms with Gasteiger partial charge >= 0.3 is 6.18 Å². The third kappa shape index (κ3) is 5.20. The summed E-state index contributed by atoms with van der Waals surface area (Å²) in [5.74, 6) is -0.930. The van der Waals surface area contributed by atoms with Crippen LogP contribution in [0.25, 0.3) is 0 Å². The fraction of sp³-hybridized carbons (Fsp3) is 0.455. The van der Waals surface area contributed by atoms with E-state index in [1.54, 1.807) is 0 Å². The van der Waals surface area contributed by atoms with Gasteiger partial charge in [0.05, 0.1) is 16.0 Å². The molecule has 0 aliphatic heterocycles. The Bertz CT molecular complexity index is 494. The maximum absolute atomic E-state index is 13.1. The van der Waals surface area contributed by atoms with Crippen molar-refractivity contribution in [3.63, 3.8) is 0 Å². The number of nitro benzene ring substituents is 1. The molecule has 0 heterocycles. The van der Waals surface area contributed by atoms with Crippen LogP contribution in [0, 0.1) is 15.9 Å². The van der Waals surface area contributed by atoms with Gasteiger partial charge in [0.25, 0.3) is 5.69 Å². The van der Waals surface area contributed by atoms with E-state index in [1.807, 2.05) is 0 Å². The lowest BCUT2D eigenvalue weighted by atomic mass is 10.2. The van der Waals surface area contributed by atoms with Crippen molar-refractivity contribution >= 4 is 23.0 Å². The number of benzene rings is 1. The summed E-state index contributed by atoms with van der Waals surface area (Å²) in [6.07, 6.45) is -5.06. The maximum atomic E-state index is 13.1. The minimum absolute atomic E-state index is 0.0200. The number of hydrogen-bond acceptors (Lipinski definition) is 3. The van der Waals surface area contributed by atoms with E-state index >= 15 is 0 Å². The highest BCUT2D eigenvalue weighted by Crippen LogP contribution is 2.30. The van der Waals surface area contributed by atoms with Gasteiger partial charge < -0.3 is 5.32 Å². The number of rotatable bonds is 6. The smallest absolute Gasteiger partial charge is 0.379 e. The molecule has 0 aliphatic rings. The van der Waals surface area contributed by atoms with Gasteiger partial charge in [0.1, 0.15) is 11.5 Å². The lowest BCUT2D eigenvalue weighted by Crippen LogP contribution is -2.09. The summed E-state index contributed by atoms with van der Waals surface area (Å²) in [6, 6.07) is 1.71. The number of nitrogens with zero attached hydrogens (tertiary/aromatic N) is 1. The Morgan fingerprint density at radius 3 is 2.50 bits per heavy atom. The summed E-state index contributed by atoms with van der Waals surface area (Å²) in [4.78, 5) is 9.92. The second-order valence-corrected chi connectivity index (χ2v) is 4.45. The topological polar surface area (TPSA) is 55.2 Å². The summed E-state index contributed by atoms with van der Waals surface area (Å²) in [6.45, 7) is 0.0961. The van der Waals surface area contributed by atoms with Crippen molar-refractivity contribution in [3.8, 4) is 0 Å². The third-order valence-electron chi connectivity index (χ3n) is 2.44. The number of unbranched alkanes of at least 4 members (excludes halogenated alkanes) is 1. The maximum Gasteiger partial charge on any atom is 0.389 e. The number of alkyl halides is 3. The monoisotopic (exact) mass is 314 g/mol. The summed E-state index contributed by atoms with van der Waals surface area (Å²) >= 11 is 5.50. The van der Waals surface area contributed by atoms with Gasteiger partial charge in [0.2, 0.25) is 0 Å². The number of anilines is 1. The zero-order valence-corrected chi connectivity index (χ0v) is 10.9. The molecule has 0 aliphatic carbocycles. The first-order valence-electron chi connectivity index (χ1n) is 5.65. The van der Waals surface area contributed by atoms with Crippen molar-refractivity contribution in [1.82, 2.24) is 0 Å². The van der Waals surface area contributed by atoms with Crippen LogP contribution >= 0.6 is 11.6 Å². The number of nitrogens with one attached hydrogen (secondary N) is 1. The predicted molar refractivity (Wildman–Crippen MR) is 66.5 cm³/mol. The fourth-order valence-corrected chi connectivity index (χ4v) is 1.67. The van der Waals surface area contributed by atoms with Crippen LogP contribution in [0.2, 0.25) is 5.02 Å². The van der Waals surface area contributed by atoms with Crippen LogP contribution in [0.15, 0.2) is 12.1 Å². The van der Waals surface area contributed by atoms with Gasteiger partial charge in [-0.2, -0.15) is 13.2 Å². The van der Waals surface area contributed by atoms with Crippen LogP contribution in [0.1, 0.15) is 19.3 Å². The Hall–Kier alpha value is -1.57. The number of hydrogen-bond donors (Lipinski definition) is 1. The quantitative estimate of drug-likeness (QED) is 0.363. The molecule has 20 heavy (non-hydrogen) atoms. The molecule has 0 atom stereocenters. The highest BCUT2D eigenvalue weighted by atomic mass is 35.5. The van der Waals surface area contributed by atoms with Gasteiger partial charge in [-0.3, -0.25) is 10.1 Å². The summed E-state index contributed by atoms with van der Waals surface area (Å²) in [7, 11) is 0. The fourth-order valence-electron chi connectivity index (χ4n) is 1.50. The molecule has 0 aromatic heterocycles. The molecule has 1 aromatic rings. The molecule has 4 nitrogen and oxygen atoms in total. The van der Waals surface area contributed by atoms with Crippen LogP contribution in [-0.2, 0) is 0 Å². The zero-order valence-electron chi connectivity index (χ0n) is 10.1. The lowest BCUT2D eigenvalue weighted by Gasteiger charge is -2.09. The molecule has 0 fully saturated rings. The van der Waals surface area contributed by atoms with E-state index in [0.29, 0.717) is 6.07 Å². The molecule has 1 aromatic carbocycles. The van der Waals surface area contributed by atoms with Gasteiger partial charge in [0, 0.05) is 13.0 Å². The molecule has 1 rings (SSSR count). The summed E-state index contributed by atoms with van der Waals surface area (Å²) < 4.78 is 48.8. The Morgan fingerprint density at radius 2 is 1.95 bits per heavy atom. The van der Waals surface area contributed by atoms with Gasteiger partial charge in [-0.15, -0.1) is 0 Å². The number of nitro groups is 1. The molecular formula is C11H11ClF4N2O2.